The van der Waals surface area contributed by atoms with E-state index in [4.69, 9.17) is 11.6 Å². The van der Waals surface area contributed by atoms with E-state index in [1.165, 1.54) is 6.07 Å². The molecule has 1 aromatic heterocycles. The molecule has 2 aromatic carbocycles. The van der Waals surface area contributed by atoms with E-state index in [2.05, 4.69) is 21.2 Å². The van der Waals surface area contributed by atoms with Gasteiger partial charge in [-0.1, -0.05) is 39.7 Å². The lowest BCUT2D eigenvalue weighted by atomic mass is 10.1. The van der Waals surface area contributed by atoms with E-state index in [1.807, 2.05) is 31.2 Å². The highest BCUT2D eigenvalue weighted by atomic mass is 79.9. The monoisotopic (exact) mass is 418 g/mol. The smallest absolute Gasteiger partial charge is 0.240 e. The van der Waals surface area contributed by atoms with Crippen LogP contribution in [0.3, 0.4) is 0 Å². The first kappa shape index (κ1) is 17.7. The van der Waals surface area contributed by atoms with Gasteiger partial charge in [-0.05, 0) is 42.8 Å². The maximum atomic E-state index is 12.4. The number of nitrogens with one attached hydrogen (secondary N) is 1. The molecule has 0 aliphatic carbocycles. The van der Waals surface area contributed by atoms with Gasteiger partial charge >= 0.3 is 0 Å². The van der Waals surface area contributed by atoms with Crippen molar-refractivity contribution in [2.75, 3.05) is 0 Å². The van der Waals surface area contributed by atoms with Gasteiger partial charge in [-0.15, -0.1) is 0 Å². The molecule has 0 saturated heterocycles. The maximum absolute atomic E-state index is 12.4. The molecule has 1 atom stereocenters. The molecule has 1 N–H and O–H groups in total. The third-order valence-corrected chi connectivity index (χ3v) is 4.75. The fourth-order valence-corrected chi connectivity index (χ4v) is 3.19. The molecular weight excluding hydrogens is 404 g/mol. The summed E-state index contributed by atoms with van der Waals surface area (Å²) in [5.41, 5.74) is 1.64. The standard InChI is InChI=1S/C19H16BrClN2O2/c1-12(13-2-5-15(21)6-3-13)22-19(25)11-23-9-8-18(24)16-10-14(20)4-7-17(16)23/h2-10,12H,11H2,1H3,(H,22,25)/t12-/m1/s1. The average molecular weight is 420 g/mol. The van der Waals surface area contributed by atoms with Crippen molar-refractivity contribution in [1.82, 2.24) is 9.88 Å². The predicted molar refractivity (Wildman–Crippen MR) is 104 cm³/mol. The molecule has 25 heavy (non-hydrogen) atoms. The molecule has 0 aliphatic heterocycles. The number of pyridine rings is 1. The normalized spacial score (nSPS) is 12.1. The van der Waals surface area contributed by atoms with E-state index >= 15 is 0 Å². The minimum atomic E-state index is -0.135. The molecule has 0 unspecified atom stereocenters. The number of hydrogen-bond donors (Lipinski definition) is 1. The van der Waals surface area contributed by atoms with Crippen LogP contribution in [0.5, 0.6) is 0 Å². The number of carbonyl (C=O) groups excluding carboxylic acids is 1. The molecule has 0 fully saturated rings. The van der Waals surface area contributed by atoms with Crippen molar-refractivity contribution < 1.29 is 4.79 Å². The number of fused-ring (bicyclic) bond motifs is 1. The highest BCUT2D eigenvalue weighted by molar-refractivity contribution is 9.10. The van der Waals surface area contributed by atoms with E-state index in [-0.39, 0.29) is 23.9 Å². The van der Waals surface area contributed by atoms with Crippen LogP contribution in [-0.4, -0.2) is 10.5 Å². The van der Waals surface area contributed by atoms with Gasteiger partial charge in [0.1, 0.15) is 6.54 Å². The first-order valence-corrected chi connectivity index (χ1v) is 8.94. The Bertz CT molecular complexity index is 983. The van der Waals surface area contributed by atoms with Crippen LogP contribution in [0.2, 0.25) is 5.02 Å². The minimum absolute atomic E-state index is 0.0671. The molecule has 0 aliphatic rings. The van der Waals surface area contributed by atoms with Gasteiger partial charge in [-0.25, -0.2) is 0 Å². The summed E-state index contributed by atoms with van der Waals surface area (Å²) < 4.78 is 2.60. The average Bonchev–Trinajstić information content (AvgIpc) is 2.58. The lowest BCUT2D eigenvalue weighted by Gasteiger charge is -2.16. The van der Waals surface area contributed by atoms with Gasteiger partial charge in [0, 0.05) is 27.1 Å². The van der Waals surface area contributed by atoms with Crippen LogP contribution in [0.25, 0.3) is 10.9 Å². The summed E-state index contributed by atoms with van der Waals surface area (Å²) >= 11 is 9.26. The van der Waals surface area contributed by atoms with Gasteiger partial charge in [0.2, 0.25) is 5.91 Å². The quantitative estimate of drug-likeness (QED) is 0.686. The lowest BCUT2D eigenvalue weighted by Crippen LogP contribution is -2.30. The zero-order valence-electron chi connectivity index (χ0n) is 13.5. The van der Waals surface area contributed by atoms with Crippen LogP contribution >= 0.6 is 27.5 Å². The number of carbonyl (C=O) groups is 1. The van der Waals surface area contributed by atoms with Crippen LogP contribution in [0.1, 0.15) is 18.5 Å². The van der Waals surface area contributed by atoms with Gasteiger partial charge in [0.05, 0.1) is 11.6 Å². The number of hydrogen-bond acceptors (Lipinski definition) is 2. The Labute approximate surface area is 158 Å². The van der Waals surface area contributed by atoms with Crippen molar-refractivity contribution in [3.63, 3.8) is 0 Å². The van der Waals surface area contributed by atoms with Crippen LogP contribution in [0, 0.1) is 0 Å². The van der Waals surface area contributed by atoms with Gasteiger partial charge in [-0.2, -0.15) is 0 Å². The van der Waals surface area contributed by atoms with Gasteiger partial charge in [0.15, 0.2) is 5.43 Å². The Morgan fingerprint density at radius 2 is 1.92 bits per heavy atom. The molecule has 6 heteroatoms. The molecule has 1 heterocycles. The number of aromatic nitrogens is 1. The van der Waals surface area contributed by atoms with Crippen molar-refractivity contribution in [3.05, 3.63) is 80.0 Å². The maximum Gasteiger partial charge on any atom is 0.240 e. The molecule has 3 rings (SSSR count). The predicted octanol–water partition coefficient (Wildman–Crippen LogP) is 4.29. The molecular formula is C19H16BrClN2O2. The van der Waals surface area contributed by atoms with Crippen LogP contribution in [-0.2, 0) is 11.3 Å². The fourth-order valence-electron chi connectivity index (χ4n) is 2.70. The SMILES string of the molecule is C[C@@H](NC(=O)Cn1ccc(=O)c2cc(Br)ccc21)c1ccc(Cl)cc1. The van der Waals surface area contributed by atoms with E-state index in [1.54, 1.807) is 29.0 Å². The minimum Gasteiger partial charge on any atom is -0.348 e. The summed E-state index contributed by atoms with van der Waals surface area (Å²) in [6, 6.07) is 14.2. The Hall–Kier alpha value is -2.11. The second kappa shape index (κ2) is 7.42. The topological polar surface area (TPSA) is 51.1 Å². The zero-order valence-corrected chi connectivity index (χ0v) is 15.8. The number of amides is 1. The molecule has 3 aromatic rings. The van der Waals surface area contributed by atoms with E-state index in [0.29, 0.717) is 10.4 Å². The molecule has 128 valence electrons. The van der Waals surface area contributed by atoms with Crippen molar-refractivity contribution >= 4 is 44.3 Å². The first-order valence-electron chi connectivity index (χ1n) is 7.77. The zero-order chi connectivity index (χ0) is 18.0. The Kier molecular flexibility index (Phi) is 5.25. The second-order valence-corrected chi connectivity index (χ2v) is 7.16. The molecule has 0 saturated carbocycles. The number of rotatable bonds is 4. The molecule has 1 amide bonds. The number of nitrogens with zero attached hydrogens (tertiary/aromatic N) is 1. The van der Waals surface area contributed by atoms with Gasteiger partial charge in [0.25, 0.3) is 0 Å². The highest BCUT2D eigenvalue weighted by Gasteiger charge is 2.11. The molecule has 4 nitrogen and oxygen atoms in total. The van der Waals surface area contributed by atoms with Crippen molar-refractivity contribution in [1.29, 1.82) is 0 Å². The summed E-state index contributed by atoms with van der Waals surface area (Å²) in [7, 11) is 0. The summed E-state index contributed by atoms with van der Waals surface area (Å²) in [4.78, 5) is 24.4. The van der Waals surface area contributed by atoms with E-state index in [9.17, 15) is 9.59 Å². The second-order valence-electron chi connectivity index (χ2n) is 5.81. The van der Waals surface area contributed by atoms with Crippen molar-refractivity contribution in [2.24, 2.45) is 0 Å². The van der Waals surface area contributed by atoms with Gasteiger partial charge in [-0.3, -0.25) is 9.59 Å². The Morgan fingerprint density at radius 1 is 1.20 bits per heavy atom. The largest absolute Gasteiger partial charge is 0.348 e. The summed E-state index contributed by atoms with van der Waals surface area (Å²) in [5.74, 6) is -0.129. The van der Waals surface area contributed by atoms with E-state index < -0.39 is 0 Å². The van der Waals surface area contributed by atoms with Crippen molar-refractivity contribution in [2.45, 2.75) is 19.5 Å². The van der Waals surface area contributed by atoms with Gasteiger partial charge < -0.3 is 9.88 Å². The Balaban J connectivity index is 1.79. The number of benzene rings is 2. The summed E-state index contributed by atoms with van der Waals surface area (Å²) in [6.07, 6.45) is 1.64. The van der Waals surface area contributed by atoms with Crippen LogP contribution in [0.4, 0.5) is 0 Å². The molecule has 0 bridgehead atoms. The lowest BCUT2D eigenvalue weighted by molar-refractivity contribution is -0.122. The Morgan fingerprint density at radius 3 is 2.64 bits per heavy atom. The van der Waals surface area contributed by atoms with E-state index in [0.717, 1.165) is 15.6 Å². The fraction of sp³-hybridized carbons (Fsp3) is 0.158. The van der Waals surface area contributed by atoms with Crippen LogP contribution in [0.15, 0.2) is 64.0 Å². The highest BCUT2D eigenvalue weighted by Crippen LogP contribution is 2.18. The van der Waals surface area contributed by atoms with Crippen molar-refractivity contribution in [3.8, 4) is 0 Å². The van der Waals surface area contributed by atoms with Crippen LogP contribution < -0.4 is 10.7 Å². The number of halogens is 2. The molecule has 0 spiro atoms. The molecule has 0 radical (unpaired) electrons. The third-order valence-electron chi connectivity index (χ3n) is 4.00. The summed E-state index contributed by atoms with van der Waals surface area (Å²) in [6.45, 7) is 2.05. The third kappa shape index (κ3) is 4.11. The first-order chi connectivity index (χ1) is 11.9. The summed E-state index contributed by atoms with van der Waals surface area (Å²) in [5, 5.41) is 4.20.